The van der Waals surface area contributed by atoms with E-state index < -0.39 is 0 Å². The largest absolute Gasteiger partial charge is 0.472 e. The highest BCUT2D eigenvalue weighted by molar-refractivity contribution is 9.10. The molecule has 0 amide bonds. The van der Waals surface area contributed by atoms with Crippen molar-refractivity contribution in [1.29, 1.82) is 0 Å². The third-order valence-corrected chi connectivity index (χ3v) is 2.77. The van der Waals surface area contributed by atoms with Crippen LogP contribution in [-0.4, -0.2) is 0 Å². The molecule has 1 aromatic heterocycles. The van der Waals surface area contributed by atoms with Gasteiger partial charge in [-0.1, -0.05) is 28.9 Å². The van der Waals surface area contributed by atoms with Crippen LogP contribution in [0.5, 0.6) is 0 Å². The molecular formula is C12H11BrO. The number of benzene rings is 1. The Morgan fingerprint density at radius 2 is 2.14 bits per heavy atom. The zero-order valence-electron chi connectivity index (χ0n) is 7.96. The van der Waals surface area contributed by atoms with E-state index >= 15 is 0 Å². The van der Waals surface area contributed by atoms with Gasteiger partial charge in [-0.05, 0) is 35.7 Å². The molecule has 0 fully saturated rings. The van der Waals surface area contributed by atoms with Gasteiger partial charge in [0.2, 0.25) is 0 Å². The maximum Gasteiger partial charge on any atom is 0.0981 e. The maximum atomic E-state index is 5.09. The summed E-state index contributed by atoms with van der Waals surface area (Å²) in [5, 5.41) is 0. The fourth-order valence-corrected chi connectivity index (χ4v) is 1.96. The van der Waals surface area contributed by atoms with Crippen LogP contribution in [-0.2, 0) is 6.42 Å². The number of hydrogen-bond donors (Lipinski definition) is 0. The quantitative estimate of drug-likeness (QED) is 0.776. The standard InChI is InChI=1S/C12H11BrO/c1-2-9-7-11(13)3-4-12(9)10-5-6-14-8-10/h3-8H,2H2,1H3. The molecule has 0 unspecified atom stereocenters. The summed E-state index contributed by atoms with van der Waals surface area (Å²) in [5.74, 6) is 0. The van der Waals surface area contributed by atoms with Crippen molar-refractivity contribution in [2.45, 2.75) is 13.3 Å². The number of furan rings is 1. The van der Waals surface area contributed by atoms with E-state index in [0.29, 0.717) is 0 Å². The Bertz CT molecular complexity index is 418. The van der Waals surface area contributed by atoms with Crippen LogP contribution in [0.4, 0.5) is 0 Å². The Balaban J connectivity index is 2.53. The lowest BCUT2D eigenvalue weighted by Gasteiger charge is -2.05. The summed E-state index contributed by atoms with van der Waals surface area (Å²) in [6.45, 7) is 2.16. The van der Waals surface area contributed by atoms with Crippen LogP contribution >= 0.6 is 15.9 Å². The second-order valence-electron chi connectivity index (χ2n) is 3.17. The predicted molar refractivity (Wildman–Crippen MR) is 61.2 cm³/mol. The fraction of sp³-hybridized carbons (Fsp3) is 0.167. The molecule has 1 nitrogen and oxygen atoms in total. The normalized spacial score (nSPS) is 10.4. The molecule has 0 N–H and O–H groups in total. The van der Waals surface area contributed by atoms with Gasteiger partial charge in [0, 0.05) is 10.0 Å². The van der Waals surface area contributed by atoms with Crippen LogP contribution in [0.15, 0.2) is 45.7 Å². The first kappa shape index (κ1) is 9.53. The van der Waals surface area contributed by atoms with Gasteiger partial charge in [0.1, 0.15) is 0 Å². The molecule has 1 aromatic carbocycles. The number of rotatable bonds is 2. The van der Waals surface area contributed by atoms with Crippen LogP contribution in [0.2, 0.25) is 0 Å². The molecule has 0 saturated heterocycles. The van der Waals surface area contributed by atoms with Crippen molar-refractivity contribution in [2.24, 2.45) is 0 Å². The van der Waals surface area contributed by atoms with E-state index in [0.717, 1.165) is 16.5 Å². The lowest BCUT2D eigenvalue weighted by molar-refractivity contribution is 0.568. The van der Waals surface area contributed by atoms with E-state index in [1.807, 2.05) is 6.07 Å². The molecule has 72 valence electrons. The third-order valence-electron chi connectivity index (χ3n) is 2.28. The lowest BCUT2D eigenvalue weighted by Crippen LogP contribution is -1.85. The van der Waals surface area contributed by atoms with Crippen LogP contribution in [0, 0.1) is 0 Å². The second-order valence-corrected chi connectivity index (χ2v) is 4.08. The van der Waals surface area contributed by atoms with Crippen molar-refractivity contribution < 1.29 is 4.42 Å². The van der Waals surface area contributed by atoms with Crippen molar-refractivity contribution in [3.8, 4) is 11.1 Å². The Hall–Kier alpha value is -1.02. The number of aryl methyl sites for hydroxylation is 1. The molecule has 2 heteroatoms. The minimum atomic E-state index is 1.03. The molecule has 0 radical (unpaired) electrons. The Morgan fingerprint density at radius 3 is 2.79 bits per heavy atom. The summed E-state index contributed by atoms with van der Waals surface area (Å²) in [5.41, 5.74) is 3.74. The summed E-state index contributed by atoms with van der Waals surface area (Å²) in [7, 11) is 0. The van der Waals surface area contributed by atoms with Crippen LogP contribution in [0.1, 0.15) is 12.5 Å². The topological polar surface area (TPSA) is 13.1 Å². The predicted octanol–water partition coefficient (Wildman–Crippen LogP) is 4.27. The van der Waals surface area contributed by atoms with Crippen molar-refractivity contribution >= 4 is 15.9 Å². The summed E-state index contributed by atoms with van der Waals surface area (Å²) in [6.07, 6.45) is 4.51. The Labute approximate surface area is 91.9 Å². The zero-order valence-corrected chi connectivity index (χ0v) is 9.54. The molecule has 2 aromatic rings. The third kappa shape index (κ3) is 1.75. The zero-order chi connectivity index (χ0) is 9.97. The van der Waals surface area contributed by atoms with Crippen LogP contribution in [0.3, 0.4) is 0 Å². The van der Waals surface area contributed by atoms with Crippen molar-refractivity contribution in [3.63, 3.8) is 0 Å². The molecule has 0 aliphatic carbocycles. The molecule has 0 bridgehead atoms. The van der Waals surface area contributed by atoms with Gasteiger partial charge in [0.25, 0.3) is 0 Å². The van der Waals surface area contributed by atoms with Crippen LogP contribution < -0.4 is 0 Å². The highest BCUT2D eigenvalue weighted by Crippen LogP contribution is 2.27. The minimum Gasteiger partial charge on any atom is -0.472 e. The van der Waals surface area contributed by atoms with E-state index in [1.54, 1.807) is 12.5 Å². The first-order chi connectivity index (χ1) is 6.81. The lowest BCUT2D eigenvalue weighted by atomic mass is 10.0. The van der Waals surface area contributed by atoms with Gasteiger partial charge >= 0.3 is 0 Å². The van der Waals surface area contributed by atoms with Gasteiger partial charge in [-0.15, -0.1) is 0 Å². The second kappa shape index (κ2) is 4.01. The monoisotopic (exact) mass is 250 g/mol. The minimum absolute atomic E-state index is 1.03. The summed E-state index contributed by atoms with van der Waals surface area (Å²) < 4.78 is 6.21. The molecular weight excluding hydrogens is 240 g/mol. The van der Waals surface area contributed by atoms with E-state index in [4.69, 9.17) is 4.42 Å². The van der Waals surface area contributed by atoms with E-state index in [2.05, 4.69) is 41.1 Å². The van der Waals surface area contributed by atoms with E-state index in [9.17, 15) is 0 Å². The smallest absolute Gasteiger partial charge is 0.0981 e. The average molecular weight is 251 g/mol. The molecule has 14 heavy (non-hydrogen) atoms. The number of halogens is 1. The van der Waals surface area contributed by atoms with Gasteiger partial charge < -0.3 is 4.42 Å². The van der Waals surface area contributed by atoms with Gasteiger partial charge in [0.15, 0.2) is 0 Å². The van der Waals surface area contributed by atoms with Gasteiger partial charge in [-0.25, -0.2) is 0 Å². The highest BCUT2D eigenvalue weighted by Gasteiger charge is 2.04. The van der Waals surface area contributed by atoms with Gasteiger partial charge in [0.05, 0.1) is 12.5 Å². The molecule has 2 rings (SSSR count). The first-order valence-electron chi connectivity index (χ1n) is 4.62. The SMILES string of the molecule is CCc1cc(Br)ccc1-c1ccoc1. The maximum absolute atomic E-state index is 5.09. The molecule has 0 saturated carbocycles. The summed E-state index contributed by atoms with van der Waals surface area (Å²) in [6, 6.07) is 8.32. The van der Waals surface area contributed by atoms with Crippen molar-refractivity contribution in [2.75, 3.05) is 0 Å². The van der Waals surface area contributed by atoms with E-state index in [-0.39, 0.29) is 0 Å². The fourth-order valence-electron chi connectivity index (χ4n) is 1.55. The Kier molecular flexibility index (Phi) is 2.73. The van der Waals surface area contributed by atoms with Crippen molar-refractivity contribution in [3.05, 3.63) is 46.8 Å². The molecule has 0 spiro atoms. The summed E-state index contributed by atoms with van der Waals surface area (Å²) >= 11 is 3.48. The van der Waals surface area contributed by atoms with Crippen LogP contribution in [0.25, 0.3) is 11.1 Å². The van der Waals surface area contributed by atoms with Gasteiger partial charge in [-0.3, -0.25) is 0 Å². The molecule has 0 atom stereocenters. The van der Waals surface area contributed by atoms with Crippen molar-refractivity contribution in [1.82, 2.24) is 0 Å². The molecule has 0 aliphatic rings. The summed E-state index contributed by atoms with van der Waals surface area (Å²) in [4.78, 5) is 0. The number of hydrogen-bond acceptors (Lipinski definition) is 1. The highest BCUT2D eigenvalue weighted by atomic mass is 79.9. The first-order valence-corrected chi connectivity index (χ1v) is 5.41. The molecule has 0 aliphatic heterocycles. The van der Waals surface area contributed by atoms with E-state index in [1.165, 1.54) is 11.1 Å². The van der Waals surface area contributed by atoms with Gasteiger partial charge in [-0.2, -0.15) is 0 Å². The Morgan fingerprint density at radius 1 is 1.29 bits per heavy atom. The molecule has 1 heterocycles. The average Bonchev–Trinajstić information content (AvgIpc) is 2.70.